The summed E-state index contributed by atoms with van der Waals surface area (Å²) in [7, 11) is -5.45. The molecule has 7 nitrogen and oxygen atoms in total. The lowest BCUT2D eigenvalue weighted by molar-refractivity contribution is 0.415. The van der Waals surface area contributed by atoms with Gasteiger partial charge in [0.25, 0.3) is 0 Å². The number of benzene rings is 1. The van der Waals surface area contributed by atoms with Gasteiger partial charge in [-0.25, -0.2) is 21.6 Å². The number of sulfonamides is 2. The number of hydrogen-bond donors (Lipinski definition) is 2. The molecule has 1 aliphatic rings. The van der Waals surface area contributed by atoms with E-state index in [9.17, 15) is 16.8 Å². The molecule has 0 aromatic heterocycles. The van der Waals surface area contributed by atoms with Gasteiger partial charge in [-0.2, -0.15) is 0 Å². The van der Waals surface area contributed by atoms with Crippen LogP contribution in [0.3, 0.4) is 0 Å². The van der Waals surface area contributed by atoms with Crippen molar-refractivity contribution in [2.24, 2.45) is 5.92 Å². The predicted molar refractivity (Wildman–Crippen MR) is 89.5 cm³/mol. The van der Waals surface area contributed by atoms with Crippen LogP contribution in [0, 0.1) is 5.92 Å². The number of anilines is 1. The fraction of sp³-hybridized carbons (Fsp3) is 0.571. The average Bonchev–Trinajstić information content (AvgIpc) is 3.29. The molecule has 0 radical (unpaired) electrons. The molecule has 0 amide bonds. The predicted octanol–water partition coefficient (Wildman–Crippen LogP) is 1.16. The standard InChI is InChI=1S/C14H22N2O5S2/c1-21-14-7-5-13(6-8-14)16-23(19,20)10-2-9-22(17,18)15-11-12-3-4-12/h5-8,12,15-16H,2-4,9-11H2,1H3. The second-order valence-electron chi connectivity index (χ2n) is 5.61. The van der Waals surface area contributed by atoms with Crippen LogP contribution in [0.5, 0.6) is 5.75 Å². The summed E-state index contributed by atoms with van der Waals surface area (Å²) in [6.45, 7) is 0.458. The van der Waals surface area contributed by atoms with Crippen molar-refractivity contribution < 1.29 is 21.6 Å². The molecule has 2 rings (SSSR count). The van der Waals surface area contributed by atoms with E-state index in [0.717, 1.165) is 12.8 Å². The van der Waals surface area contributed by atoms with Crippen molar-refractivity contribution in [1.29, 1.82) is 0 Å². The van der Waals surface area contributed by atoms with Crippen LogP contribution in [0.1, 0.15) is 19.3 Å². The second-order valence-corrected chi connectivity index (χ2v) is 9.38. The quantitative estimate of drug-likeness (QED) is 0.650. The molecule has 0 bridgehead atoms. The topological polar surface area (TPSA) is 102 Å². The van der Waals surface area contributed by atoms with Crippen LogP contribution in [0.25, 0.3) is 0 Å². The van der Waals surface area contributed by atoms with Crippen LogP contribution in [-0.4, -0.2) is 42.0 Å². The zero-order valence-corrected chi connectivity index (χ0v) is 14.6. The van der Waals surface area contributed by atoms with Crippen molar-refractivity contribution in [3.63, 3.8) is 0 Å². The highest BCUT2D eigenvalue weighted by molar-refractivity contribution is 7.92. The molecule has 0 heterocycles. The van der Waals surface area contributed by atoms with Gasteiger partial charge in [0.2, 0.25) is 20.0 Å². The Morgan fingerprint density at radius 1 is 1.04 bits per heavy atom. The Morgan fingerprint density at radius 3 is 2.22 bits per heavy atom. The third-order valence-corrected chi connectivity index (χ3v) is 6.28. The Hall–Kier alpha value is -1.32. The number of hydrogen-bond acceptors (Lipinski definition) is 5. The van der Waals surface area contributed by atoms with E-state index in [0.29, 0.717) is 23.9 Å². The number of ether oxygens (including phenoxy) is 1. The largest absolute Gasteiger partial charge is 0.497 e. The summed E-state index contributed by atoms with van der Waals surface area (Å²) in [4.78, 5) is 0. The molecule has 1 saturated carbocycles. The second kappa shape index (κ2) is 7.50. The SMILES string of the molecule is COc1ccc(NS(=O)(=O)CCCS(=O)(=O)NCC2CC2)cc1. The van der Waals surface area contributed by atoms with Gasteiger partial charge in [-0.15, -0.1) is 0 Å². The summed E-state index contributed by atoms with van der Waals surface area (Å²) in [6.07, 6.45) is 2.16. The Labute approximate surface area is 137 Å². The van der Waals surface area contributed by atoms with Crippen LogP contribution < -0.4 is 14.2 Å². The molecular weight excluding hydrogens is 340 g/mol. The maximum atomic E-state index is 12.0. The fourth-order valence-corrected chi connectivity index (χ4v) is 4.43. The van der Waals surface area contributed by atoms with Gasteiger partial charge >= 0.3 is 0 Å². The average molecular weight is 362 g/mol. The third-order valence-electron chi connectivity index (χ3n) is 3.48. The van der Waals surface area contributed by atoms with Gasteiger partial charge in [0.05, 0.1) is 18.6 Å². The van der Waals surface area contributed by atoms with Crippen LogP contribution >= 0.6 is 0 Å². The molecule has 0 spiro atoms. The zero-order chi connectivity index (χ0) is 16.9. The maximum absolute atomic E-state index is 12.0. The molecule has 1 aliphatic carbocycles. The van der Waals surface area contributed by atoms with E-state index in [2.05, 4.69) is 9.44 Å². The first-order valence-corrected chi connectivity index (χ1v) is 10.7. The van der Waals surface area contributed by atoms with Crippen molar-refractivity contribution in [3.8, 4) is 5.75 Å². The van der Waals surface area contributed by atoms with Crippen molar-refractivity contribution in [2.75, 3.05) is 29.9 Å². The van der Waals surface area contributed by atoms with E-state index in [-0.39, 0.29) is 17.9 Å². The Bertz CT molecular complexity index is 710. The first-order valence-electron chi connectivity index (χ1n) is 7.41. The van der Waals surface area contributed by atoms with Crippen LogP contribution in [0.2, 0.25) is 0 Å². The molecule has 1 aromatic carbocycles. The summed E-state index contributed by atoms with van der Waals surface area (Å²) < 4.78 is 57.3. The van der Waals surface area contributed by atoms with Gasteiger partial charge in [0.1, 0.15) is 5.75 Å². The van der Waals surface area contributed by atoms with Crippen molar-refractivity contribution in [1.82, 2.24) is 4.72 Å². The maximum Gasteiger partial charge on any atom is 0.232 e. The first-order chi connectivity index (χ1) is 10.8. The molecule has 2 N–H and O–H groups in total. The summed E-state index contributed by atoms with van der Waals surface area (Å²) in [5, 5.41) is 0. The third kappa shape index (κ3) is 6.76. The molecule has 0 saturated heterocycles. The molecule has 0 aliphatic heterocycles. The lowest BCUT2D eigenvalue weighted by Crippen LogP contribution is -2.29. The van der Waals surface area contributed by atoms with Gasteiger partial charge in [-0.1, -0.05) is 0 Å². The van der Waals surface area contributed by atoms with E-state index >= 15 is 0 Å². The van der Waals surface area contributed by atoms with Gasteiger partial charge in [0.15, 0.2) is 0 Å². The molecule has 9 heteroatoms. The van der Waals surface area contributed by atoms with Gasteiger partial charge in [0, 0.05) is 12.2 Å². The minimum Gasteiger partial charge on any atom is -0.497 e. The van der Waals surface area contributed by atoms with E-state index in [1.165, 1.54) is 7.11 Å². The molecule has 0 atom stereocenters. The molecule has 1 fully saturated rings. The highest BCUT2D eigenvalue weighted by Crippen LogP contribution is 2.27. The van der Waals surface area contributed by atoms with Gasteiger partial charge < -0.3 is 4.74 Å². The van der Waals surface area contributed by atoms with Crippen molar-refractivity contribution in [3.05, 3.63) is 24.3 Å². The summed E-state index contributed by atoms with van der Waals surface area (Å²) in [5.41, 5.74) is 0.417. The number of rotatable bonds is 10. The lowest BCUT2D eigenvalue weighted by Gasteiger charge is -2.09. The van der Waals surface area contributed by atoms with Crippen molar-refractivity contribution >= 4 is 25.7 Å². The Kier molecular flexibility index (Phi) is 5.88. The minimum absolute atomic E-state index is 0.0471. The van der Waals surface area contributed by atoms with E-state index in [1.807, 2.05) is 0 Å². The lowest BCUT2D eigenvalue weighted by atomic mass is 10.3. The van der Waals surface area contributed by atoms with Crippen LogP contribution in [-0.2, 0) is 20.0 Å². The molecule has 0 unspecified atom stereocenters. The summed E-state index contributed by atoms with van der Waals surface area (Å²) in [5.74, 6) is 0.637. The van der Waals surface area contributed by atoms with Crippen LogP contribution in [0.15, 0.2) is 24.3 Å². The highest BCUT2D eigenvalue weighted by atomic mass is 32.2. The monoisotopic (exact) mass is 362 g/mol. The number of methoxy groups -OCH3 is 1. The van der Waals surface area contributed by atoms with E-state index in [1.54, 1.807) is 24.3 Å². The van der Waals surface area contributed by atoms with Crippen molar-refractivity contribution in [2.45, 2.75) is 19.3 Å². The number of nitrogens with one attached hydrogen (secondary N) is 2. The normalized spacial score (nSPS) is 15.3. The van der Waals surface area contributed by atoms with Crippen LogP contribution in [0.4, 0.5) is 5.69 Å². The highest BCUT2D eigenvalue weighted by Gasteiger charge is 2.23. The minimum atomic E-state index is -3.58. The first kappa shape index (κ1) is 18.0. The van der Waals surface area contributed by atoms with Gasteiger partial charge in [-0.3, -0.25) is 4.72 Å². The fourth-order valence-electron chi connectivity index (χ4n) is 1.97. The Balaban J connectivity index is 1.78. The van der Waals surface area contributed by atoms with Gasteiger partial charge in [-0.05, 0) is 49.4 Å². The molecule has 130 valence electrons. The zero-order valence-electron chi connectivity index (χ0n) is 13.0. The molecule has 1 aromatic rings. The van der Waals surface area contributed by atoms with E-state index < -0.39 is 20.0 Å². The summed E-state index contributed by atoms with van der Waals surface area (Å²) in [6, 6.07) is 6.46. The molecular formula is C14H22N2O5S2. The molecule has 23 heavy (non-hydrogen) atoms. The smallest absolute Gasteiger partial charge is 0.232 e. The van der Waals surface area contributed by atoms with E-state index in [4.69, 9.17) is 4.74 Å². The Morgan fingerprint density at radius 2 is 1.65 bits per heavy atom. The summed E-state index contributed by atoms with van der Waals surface area (Å²) >= 11 is 0.